The van der Waals surface area contributed by atoms with Gasteiger partial charge in [-0.2, -0.15) is 0 Å². The first-order valence-corrected chi connectivity index (χ1v) is 6.38. The maximum Gasteiger partial charge on any atom is 0.223 e. The number of hydrogen-bond acceptors (Lipinski definition) is 4. The number of nitrogens with one attached hydrogen (secondary N) is 1. The van der Waals surface area contributed by atoms with Crippen LogP contribution in [0.4, 0.5) is 0 Å². The summed E-state index contributed by atoms with van der Waals surface area (Å²) < 4.78 is 5.32. The molecule has 1 aliphatic heterocycles. The maximum absolute atomic E-state index is 11.9. The highest BCUT2D eigenvalue weighted by molar-refractivity contribution is 5.76. The van der Waals surface area contributed by atoms with Crippen LogP contribution in [0.2, 0.25) is 0 Å². The van der Waals surface area contributed by atoms with E-state index in [1.165, 1.54) is 0 Å². The molecule has 1 atom stereocenters. The average molecular weight is 242 g/mol. The number of hydrogen-bond donors (Lipinski definition) is 2. The van der Waals surface area contributed by atoms with Gasteiger partial charge in [-0.25, -0.2) is 0 Å². The summed E-state index contributed by atoms with van der Waals surface area (Å²) in [6.07, 6.45) is 2.04. The Labute approximate surface area is 102 Å². The average Bonchev–Trinajstić information content (AvgIpc) is 2.28. The summed E-state index contributed by atoms with van der Waals surface area (Å²) in [6, 6.07) is 0.158. The first kappa shape index (κ1) is 12.8. The number of ether oxygens (including phenoxy) is 1. The molecule has 1 unspecified atom stereocenters. The molecule has 1 saturated carbocycles. The molecule has 0 aromatic heterocycles. The van der Waals surface area contributed by atoms with E-state index in [-0.39, 0.29) is 18.1 Å². The molecule has 1 amide bonds. The van der Waals surface area contributed by atoms with Crippen molar-refractivity contribution in [1.29, 1.82) is 0 Å². The Hall–Kier alpha value is -0.650. The van der Waals surface area contributed by atoms with Crippen molar-refractivity contribution in [2.75, 3.05) is 33.4 Å². The molecule has 0 bridgehead atoms. The monoisotopic (exact) mass is 242 g/mol. The minimum absolute atomic E-state index is 0.142. The summed E-state index contributed by atoms with van der Waals surface area (Å²) in [6.45, 7) is 2.96. The zero-order chi connectivity index (χ0) is 12.3. The van der Waals surface area contributed by atoms with Crippen molar-refractivity contribution in [3.05, 3.63) is 0 Å². The Morgan fingerprint density at radius 1 is 1.53 bits per heavy atom. The zero-order valence-electron chi connectivity index (χ0n) is 10.4. The molecule has 1 heterocycles. The van der Waals surface area contributed by atoms with E-state index in [9.17, 15) is 9.90 Å². The molecule has 0 aromatic rings. The van der Waals surface area contributed by atoms with Crippen molar-refractivity contribution < 1.29 is 14.6 Å². The van der Waals surface area contributed by atoms with E-state index in [0.717, 1.165) is 32.5 Å². The van der Waals surface area contributed by atoms with Gasteiger partial charge < -0.3 is 20.1 Å². The van der Waals surface area contributed by atoms with Crippen molar-refractivity contribution in [1.82, 2.24) is 10.2 Å². The fourth-order valence-corrected chi connectivity index (χ4v) is 2.46. The van der Waals surface area contributed by atoms with E-state index in [4.69, 9.17) is 4.74 Å². The zero-order valence-corrected chi connectivity index (χ0v) is 10.4. The van der Waals surface area contributed by atoms with Crippen LogP contribution < -0.4 is 5.32 Å². The number of amides is 1. The van der Waals surface area contributed by atoms with E-state index >= 15 is 0 Å². The molecule has 2 aliphatic rings. The Morgan fingerprint density at radius 2 is 2.29 bits per heavy atom. The third-order valence-electron chi connectivity index (χ3n) is 3.59. The second kappa shape index (κ2) is 5.80. The largest absolute Gasteiger partial charge is 0.393 e. The van der Waals surface area contributed by atoms with E-state index < -0.39 is 0 Å². The van der Waals surface area contributed by atoms with Gasteiger partial charge in [-0.3, -0.25) is 4.79 Å². The second-order valence-corrected chi connectivity index (χ2v) is 5.20. The summed E-state index contributed by atoms with van der Waals surface area (Å²) in [5, 5.41) is 12.5. The van der Waals surface area contributed by atoms with Crippen LogP contribution in [0.15, 0.2) is 0 Å². The number of carbonyl (C=O) groups excluding carboxylic acids is 1. The van der Waals surface area contributed by atoms with Crippen LogP contribution in [0.1, 0.15) is 19.3 Å². The van der Waals surface area contributed by atoms with Gasteiger partial charge in [0.05, 0.1) is 19.3 Å². The molecule has 2 fully saturated rings. The molecule has 17 heavy (non-hydrogen) atoms. The quantitative estimate of drug-likeness (QED) is 0.704. The first-order chi connectivity index (χ1) is 8.15. The molecule has 5 heteroatoms. The van der Waals surface area contributed by atoms with Gasteiger partial charge in [0.2, 0.25) is 5.91 Å². The van der Waals surface area contributed by atoms with Gasteiger partial charge in [0.15, 0.2) is 0 Å². The maximum atomic E-state index is 11.9. The Bertz CT molecular complexity index is 260. The lowest BCUT2D eigenvalue weighted by molar-refractivity contribution is -0.132. The van der Waals surface area contributed by atoms with Gasteiger partial charge in [-0.1, -0.05) is 0 Å². The smallest absolute Gasteiger partial charge is 0.223 e. The van der Waals surface area contributed by atoms with Gasteiger partial charge >= 0.3 is 0 Å². The van der Waals surface area contributed by atoms with Gasteiger partial charge in [0.1, 0.15) is 0 Å². The minimum Gasteiger partial charge on any atom is -0.393 e. The van der Waals surface area contributed by atoms with Crippen LogP contribution in [-0.4, -0.2) is 61.4 Å². The number of morpholine rings is 1. The normalized spacial score (nSPS) is 32.9. The molecular weight excluding hydrogens is 220 g/mol. The molecule has 98 valence electrons. The molecule has 2 N–H and O–H groups in total. The van der Waals surface area contributed by atoms with Gasteiger partial charge in [-0.05, 0) is 18.8 Å². The van der Waals surface area contributed by atoms with Crippen molar-refractivity contribution in [2.45, 2.75) is 31.4 Å². The third kappa shape index (κ3) is 3.66. The van der Waals surface area contributed by atoms with Crippen LogP contribution in [0, 0.1) is 5.92 Å². The topological polar surface area (TPSA) is 61.8 Å². The van der Waals surface area contributed by atoms with Crippen LogP contribution in [-0.2, 0) is 9.53 Å². The molecule has 5 nitrogen and oxygen atoms in total. The fourth-order valence-electron chi connectivity index (χ4n) is 2.46. The fraction of sp³-hybridized carbons (Fsp3) is 0.917. The standard InChI is InChI=1S/C12H22N2O3/c1-14(7-9-4-11(15)5-9)12(16)6-10-8-17-3-2-13-10/h9-11,13,15H,2-8H2,1H3. The molecule has 1 aliphatic carbocycles. The predicted molar refractivity (Wildman–Crippen MR) is 63.6 cm³/mol. The molecule has 1 saturated heterocycles. The number of carbonyl (C=O) groups is 1. The molecular formula is C12H22N2O3. The van der Waals surface area contributed by atoms with E-state index in [1.807, 2.05) is 7.05 Å². The summed E-state index contributed by atoms with van der Waals surface area (Å²) in [5.41, 5.74) is 0. The van der Waals surface area contributed by atoms with Crippen molar-refractivity contribution >= 4 is 5.91 Å². The SMILES string of the molecule is CN(CC1CC(O)C1)C(=O)CC1COCCN1. The lowest BCUT2D eigenvalue weighted by Crippen LogP contribution is -2.46. The van der Waals surface area contributed by atoms with Crippen LogP contribution in [0.25, 0.3) is 0 Å². The van der Waals surface area contributed by atoms with Crippen molar-refractivity contribution in [3.8, 4) is 0 Å². The lowest BCUT2D eigenvalue weighted by atomic mass is 9.82. The molecule has 2 rings (SSSR count). The van der Waals surface area contributed by atoms with Crippen LogP contribution >= 0.6 is 0 Å². The minimum atomic E-state index is -0.142. The van der Waals surface area contributed by atoms with Crippen LogP contribution in [0.3, 0.4) is 0 Å². The van der Waals surface area contributed by atoms with E-state index in [2.05, 4.69) is 5.32 Å². The summed E-state index contributed by atoms with van der Waals surface area (Å²) in [4.78, 5) is 13.7. The molecule has 0 radical (unpaired) electrons. The summed E-state index contributed by atoms with van der Waals surface area (Å²) in [7, 11) is 1.84. The van der Waals surface area contributed by atoms with Crippen molar-refractivity contribution in [2.24, 2.45) is 5.92 Å². The first-order valence-electron chi connectivity index (χ1n) is 6.38. The summed E-state index contributed by atoms with van der Waals surface area (Å²) in [5.74, 6) is 0.643. The van der Waals surface area contributed by atoms with Crippen LogP contribution in [0.5, 0.6) is 0 Å². The van der Waals surface area contributed by atoms with Gasteiger partial charge in [-0.15, -0.1) is 0 Å². The van der Waals surface area contributed by atoms with Crippen molar-refractivity contribution in [3.63, 3.8) is 0 Å². The van der Waals surface area contributed by atoms with E-state index in [0.29, 0.717) is 18.9 Å². The van der Waals surface area contributed by atoms with Gasteiger partial charge in [0, 0.05) is 32.6 Å². The Balaban J connectivity index is 1.67. The second-order valence-electron chi connectivity index (χ2n) is 5.20. The predicted octanol–water partition coefficient (Wildman–Crippen LogP) is -0.406. The van der Waals surface area contributed by atoms with Gasteiger partial charge in [0.25, 0.3) is 0 Å². The Morgan fingerprint density at radius 3 is 2.88 bits per heavy atom. The molecule has 0 spiro atoms. The highest BCUT2D eigenvalue weighted by atomic mass is 16.5. The highest BCUT2D eigenvalue weighted by Gasteiger charge is 2.29. The Kier molecular flexibility index (Phi) is 4.36. The van der Waals surface area contributed by atoms with E-state index in [1.54, 1.807) is 4.90 Å². The number of aliphatic hydroxyl groups is 1. The number of nitrogens with zero attached hydrogens (tertiary/aromatic N) is 1. The summed E-state index contributed by atoms with van der Waals surface area (Å²) >= 11 is 0. The number of rotatable bonds is 4. The highest BCUT2D eigenvalue weighted by Crippen LogP contribution is 2.27. The molecule has 0 aromatic carbocycles. The third-order valence-corrected chi connectivity index (χ3v) is 3.59. The lowest BCUT2D eigenvalue weighted by Gasteiger charge is -2.35. The number of aliphatic hydroxyl groups excluding tert-OH is 1.